The zero-order valence-corrected chi connectivity index (χ0v) is 22.3. The Bertz CT molecular complexity index is 1260. The molecule has 1 saturated heterocycles. The van der Waals surface area contributed by atoms with Crippen LogP contribution < -0.4 is 19.5 Å². The lowest BCUT2D eigenvalue weighted by Crippen LogP contribution is -2.44. The van der Waals surface area contributed by atoms with Crippen LogP contribution in [0.3, 0.4) is 0 Å². The van der Waals surface area contributed by atoms with Crippen molar-refractivity contribution >= 4 is 6.09 Å². The summed E-state index contributed by atoms with van der Waals surface area (Å²) in [6.07, 6.45) is -9.40. The fraction of sp³-hybridized carbons (Fsp3) is 0.345. The van der Waals surface area contributed by atoms with Gasteiger partial charge in [0, 0.05) is 13.6 Å². The minimum Gasteiger partial charge on any atom is -0.410 e. The first kappa shape index (κ1) is 31.0. The third kappa shape index (κ3) is 8.07. The van der Waals surface area contributed by atoms with Crippen LogP contribution in [0.25, 0.3) is 0 Å². The highest BCUT2D eigenvalue weighted by molar-refractivity contribution is 5.69. The quantitative estimate of drug-likeness (QED) is 0.294. The van der Waals surface area contributed by atoms with E-state index in [1.807, 2.05) is 12.1 Å². The van der Waals surface area contributed by atoms with E-state index in [4.69, 9.17) is 4.74 Å². The Kier molecular flexibility index (Phi) is 9.21. The first-order chi connectivity index (χ1) is 19.7. The molecule has 3 aromatic rings. The number of carbonyl (C=O) groups is 1. The second kappa shape index (κ2) is 12.5. The third-order valence-electron chi connectivity index (χ3n) is 6.98. The number of nitrogens with zero attached hydrogens (tertiary/aromatic N) is 1. The summed E-state index contributed by atoms with van der Waals surface area (Å²) >= 11 is 0. The molecule has 1 aliphatic heterocycles. The SMILES string of the molecule is CNC(=O)Oc1ccc(CN2CCC(C(O)(c3ccc(OC(F)(F)F)cc3)c3ccc(OC(F)(F)F)cc3)CC2)cc1. The Hall–Kier alpha value is -3.97. The number of piperidine rings is 1. The molecule has 0 spiro atoms. The lowest BCUT2D eigenvalue weighted by Gasteiger charge is -2.42. The zero-order chi connectivity index (χ0) is 30.5. The van der Waals surface area contributed by atoms with Gasteiger partial charge in [0.1, 0.15) is 22.8 Å². The van der Waals surface area contributed by atoms with E-state index in [2.05, 4.69) is 19.7 Å². The van der Waals surface area contributed by atoms with E-state index in [0.29, 0.717) is 38.2 Å². The van der Waals surface area contributed by atoms with Gasteiger partial charge in [0.15, 0.2) is 0 Å². The monoisotopic (exact) mass is 598 g/mol. The molecule has 4 rings (SSSR count). The highest BCUT2D eigenvalue weighted by Crippen LogP contribution is 2.43. The average Bonchev–Trinajstić information content (AvgIpc) is 2.93. The number of ether oxygens (including phenoxy) is 3. The topological polar surface area (TPSA) is 80.3 Å². The lowest BCUT2D eigenvalue weighted by atomic mass is 9.72. The van der Waals surface area contributed by atoms with Crippen LogP contribution in [-0.2, 0) is 12.1 Å². The number of amides is 1. The normalized spacial score (nSPS) is 15.2. The van der Waals surface area contributed by atoms with Crippen LogP contribution in [-0.4, -0.2) is 49.0 Å². The predicted molar refractivity (Wildman–Crippen MR) is 139 cm³/mol. The van der Waals surface area contributed by atoms with E-state index < -0.39 is 41.8 Å². The van der Waals surface area contributed by atoms with Gasteiger partial charge in [0.2, 0.25) is 0 Å². The first-order valence-corrected chi connectivity index (χ1v) is 12.9. The Balaban J connectivity index is 1.52. The van der Waals surface area contributed by atoms with Gasteiger partial charge in [-0.05, 0) is 84.9 Å². The first-order valence-electron chi connectivity index (χ1n) is 12.9. The van der Waals surface area contributed by atoms with Crippen LogP contribution in [0.2, 0.25) is 0 Å². The van der Waals surface area contributed by atoms with Gasteiger partial charge in [-0.2, -0.15) is 0 Å². The van der Waals surface area contributed by atoms with Crippen molar-refractivity contribution in [3.8, 4) is 17.2 Å². The van der Waals surface area contributed by atoms with Gasteiger partial charge >= 0.3 is 18.8 Å². The molecule has 0 bridgehead atoms. The molecular formula is C29H28F6N2O5. The zero-order valence-electron chi connectivity index (χ0n) is 22.3. The maximum atomic E-state index is 12.7. The molecule has 3 aromatic carbocycles. The number of nitrogens with one attached hydrogen (secondary N) is 1. The molecule has 42 heavy (non-hydrogen) atoms. The Morgan fingerprint density at radius 2 is 1.21 bits per heavy atom. The number of benzene rings is 3. The number of rotatable bonds is 8. The van der Waals surface area contributed by atoms with E-state index in [1.165, 1.54) is 31.3 Å². The van der Waals surface area contributed by atoms with Crippen molar-refractivity contribution in [3.63, 3.8) is 0 Å². The fourth-order valence-electron chi connectivity index (χ4n) is 5.05. The molecule has 1 aliphatic rings. The van der Waals surface area contributed by atoms with Crippen molar-refractivity contribution in [3.05, 3.63) is 89.5 Å². The molecule has 1 amide bonds. The summed E-state index contributed by atoms with van der Waals surface area (Å²) < 4.78 is 89.0. The second-order valence-electron chi connectivity index (χ2n) is 9.74. The van der Waals surface area contributed by atoms with Gasteiger partial charge in [-0.15, -0.1) is 26.3 Å². The number of alkyl halides is 6. The van der Waals surface area contributed by atoms with Crippen molar-refractivity contribution < 1.29 is 50.5 Å². The molecule has 13 heteroatoms. The summed E-state index contributed by atoms with van der Waals surface area (Å²) in [5.41, 5.74) is -0.217. The molecule has 0 saturated carbocycles. The van der Waals surface area contributed by atoms with Crippen molar-refractivity contribution in [2.75, 3.05) is 20.1 Å². The average molecular weight is 599 g/mol. The largest absolute Gasteiger partial charge is 0.573 e. The van der Waals surface area contributed by atoms with E-state index >= 15 is 0 Å². The van der Waals surface area contributed by atoms with Crippen LogP contribution in [0.15, 0.2) is 72.8 Å². The summed E-state index contributed by atoms with van der Waals surface area (Å²) in [5, 5.41) is 14.5. The van der Waals surface area contributed by atoms with Crippen LogP contribution in [0, 0.1) is 5.92 Å². The summed E-state index contributed by atoms with van der Waals surface area (Å²) in [6, 6.07) is 16.6. The highest BCUT2D eigenvalue weighted by atomic mass is 19.4. The summed E-state index contributed by atoms with van der Waals surface area (Å²) in [7, 11) is 1.45. The molecule has 0 aromatic heterocycles. The Morgan fingerprint density at radius 1 is 0.786 bits per heavy atom. The maximum Gasteiger partial charge on any atom is 0.573 e. The minimum atomic E-state index is -4.89. The fourth-order valence-corrected chi connectivity index (χ4v) is 5.05. The number of carbonyl (C=O) groups excluding carboxylic acids is 1. The number of hydrogen-bond acceptors (Lipinski definition) is 6. The second-order valence-corrected chi connectivity index (χ2v) is 9.74. The molecule has 226 valence electrons. The Labute approximate surface area is 237 Å². The lowest BCUT2D eigenvalue weighted by molar-refractivity contribution is -0.275. The van der Waals surface area contributed by atoms with Gasteiger partial charge in [-0.25, -0.2) is 4.79 Å². The summed E-state index contributed by atoms with van der Waals surface area (Å²) in [6.45, 7) is 1.71. The smallest absolute Gasteiger partial charge is 0.410 e. The molecule has 7 nitrogen and oxygen atoms in total. The molecule has 0 aliphatic carbocycles. The van der Waals surface area contributed by atoms with Gasteiger partial charge in [0.05, 0.1) is 0 Å². The molecule has 1 fully saturated rings. The minimum absolute atomic E-state index is 0.270. The number of hydrogen-bond donors (Lipinski definition) is 2. The Morgan fingerprint density at radius 3 is 1.62 bits per heavy atom. The standard InChI is InChI=1S/C29H28F6N2O5/c1-36-26(38)40-23-8-2-19(3-9-23)18-37-16-14-22(15-17-37)27(39,20-4-10-24(11-5-20)41-28(30,31)32)21-6-12-25(13-7-21)42-29(33,34)35/h2-13,22,39H,14-18H2,1H3,(H,36,38). The van der Waals surface area contributed by atoms with Crippen molar-refractivity contribution in [1.82, 2.24) is 10.2 Å². The van der Waals surface area contributed by atoms with Crippen LogP contribution >= 0.6 is 0 Å². The number of likely N-dealkylation sites (tertiary alicyclic amines) is 1. The summed E-state index contributed by atoms with van der Waals surface area (Å²) in [4.78, 5) is 13.5. The van der Waals surface area contributed by atoms with E-state index in [9.17, 15) is 36.2 Å². The van der Waals surface area contributed by atoms with E-state index in [-0.39, 0.29) is 11.1 Å². The van der Waals surface area contributed by atoms with Gasteiger partial charge in [-0.3, -0.25) is 4.90 Å². The molecule has 0 radical (unpaired) electrons. The summed E-state index contributed by atoms with van der Waals surface area (Å²) in [5.74, 6) is -0.964. The van der Waals surface area contributed by atoms with Crippen LogP contribution in [0.1, 0.15) is 29.5 Å². The maximum absolute atomic E-state index is 12.7. The number of aliphatic hydroxyl groups is 1. The van der Waals surface area contributed by atoms with Crippen molar-refractivity contribution in [1.29, 1.82) is 0 Å². The highest BCUT2D eigenvalue weighted by Gasteiger charge is 2.42. The van der Waals surface area contributed by atoms with Gasteiger partial charge in [0.25, 0.3) is 0 Å². The molecule has 2 N–H and O–H groups in total. The van der Waals surface area contributed by atoms with Gasteiger partial charge < -0.3 is 24.6 Å². The molecule has 0 atom stereocenters. The van der Waals surface area contributed by atoms with Crippen LogP contribution in [0.5, 0.6) is 17.2 Å². The van der Waals surface area contributed by atoms with Gasteiger partial charge in [-0.1, -0.05) is 36.4 Å². The van der Waals surface area contributed by atoms with Crippen LogP contribution in [0.4, 0.5) is 31.1 Å². The molecule has 1 heterocycles. The predicted octanol–water partition coefficient (Wildman–Crippen LogP) is 6.35. The van der Waals surface area contributed by atoms with E-state index in [1.54, 1.807) is 12.1 Å². The third-order valence-corrected chi connectivity index (χ3v) is 6.98. The molecular weight excluding hydrogens is 570 g/mol. The van der Waals surface area contributed by atoms with E-state index in [0.717, 1.165) is 29.8 Å². The van der Waals surface area contributed by atoms with Crippen molar-refractivity contribution in [2.45, 2.75) is 37.7 Å². The molecule has 0 unspecified atom stereocenters. The number of halogens is 6. The van der Waals surface area contributed by atoms with Crippen molar-refractivity contribution in [2.24, 2.45) is 5.92 Å².